The van der Waals surface area contributed by atoms with E-state index in [1.807, 2.05) is 0 Å². The van der Waals surface area contributed by atoms with Gasteiger partial charge in [0, 0.05) is 12.2 Å². The van der Waals surface area contributed by atoms with Crippen LogP contribution in [0.3, 0.4) is 0 Å². The van der Waals surface area contributed by atoms with E-state index in [0.717, 1.165) is 24.3 Å². The first-order valence-electron chi connectivity index (χ1n) is 7.52. The lowest BCUT2D eigenvalue weighted by Gasteiger charge is -2.19. The molecule has 5 atom stereocenters. The molecule has 0 saturated heterocycles. The van der Waals surface area contributed by atoms with Gasteiger partial charge in [-0.1, -0.05) is 0 Å². The summed E-state index contributed by atoms with van der Waals surface area (Å²) in [5, 5.41) is 19.6. The average Bonchev–Trinajstić information content (AvgIpc) is 2.48. The summed E-state index contributed by atoms with van der Waals surface area (Å²) in [4.78, 5) is 34.9. The Morgan fingerprint density at radius 2 is 1.29 bits per heavy atom. The van der Waals surface area contributed by atoms with Crippen LogP contribution >= 0.6 is 0 Å². The van der Waals surface area contributed by atoms with Crippen LogP contribution in [0.1, 0.15) is 27.2 Å². The number of rotatable bonds is 0. The van der Waals surface area contributed by atoms with Crippen molar-refractivity contribution in [1.29, 1.82) is 0 Å². The predicted octanol–water partition coefficient (Wildman–Crippen LogP) is 0.0194. The second-order valence-corrected chi connectivity index (χ2v) is 5.49. The highest BCUT2D eigenvalue weighted by Crippen LogP contribution is 2.08. The lowest BCUT2D eigenvalue weighted by Crippen LogP contribution is -2.30. The highest BCUT2D eigenvalue weighted by Gasteiger charge is 2.21. The molecule has 1 aliphatic heterocycles. The summed E-state index contributed by atoms with van der Waals surface area (Å²) in [5.41, 5.74) is 0. The second kappa shape index (κ2) is 9.19. The molecule has 0 bridgehead atoms. The topological polar surface area (TPSA) is 119 Å². The van der Waals surface area contributed by atoms with Crippen LogP contribution in [-0.4, -0.2) is 58.6 Å². The van der Waals surface area contributed by atoms with Crippen LogP contribution in [0.4, 0.5) is 0 Å². The molecule has 1 rings (SSSR count). The maximum Gasteiger partial charge on any atom is 0.330 e. The first-order chi connectivity index (χ1) is 11.2. The maximum absolute atomic E-state index is 11.7. The van der Waals surface area contributed by atoms with Gasteiger partial charge in [-0.3, -0.25) is 4.79 Å². The van der Waals surface area contributed by atoms with E-state index in [0.29, 0.717) is 0 Å². The Morgan fingerprint density at radius 3 is 1.83 bits per heavy atom. The number of esters is 3. The maximum atomic E-state index is 11.7. The molecule has 0 amide bonds. The van der Waals surface area contributed by atoms with Crippen LogP contribution in [-0.2, 0) is 28.6 Å². The Balaban J connectivity index is 2.91. The molecule has 134 valence electrons. The molecule has 0 radical (unpaired) electrons. The van der Waals surface area contributed by atoms with Crippen LogP contribution in [0, 0.1) is 0 Å². The zero-order valence-corrected chi connectivity index (χ0v) is 13.7. The zero-order chi connectivity index (χ0) is 18.3. The van der Waals surface area contributed by atoms with Crippen molar-refractivity contribution in [1.82, 2.24) is 0 Å². The van der Waals surface area contributed by atoms with Gasteiger partial charge >= 0.3 is 17.9 Å². The summed E-state index contributed by atoms with van der Waals surface area (Å²) in [6, 6.07) is 0. The van der Waals surface area contributed by atoms with Crippen LogP contribution in [0.5, 0.6) is 0 Å². The predicted molar refractivity (Wildman–Crippen MR) is 81.6 cm³/mol. The first-order valence-corrected chi connectivity index (χ1v) is 7.52. The quantitative estimate of drug-likeness (QED) is 0.467. The van der Waals surface area contributed by atoms with Crippen LogP contribution < -0.4 is 0 Å². The molecule has 0 aromatic rings. The van der Waals surface area contributed by atoms with E-state index in [1.165, 1.54) is 20.8 Å². The molecule has 1 heterocycles. The first kappa shape index (κ1) is 19.9. The number of cyclic esters (lactones) is 3. The van der Waals surface area contributed by atoms with Crippen molar-refractivity contribution in [2.45, 2.75) is 57.7 Å². The van der Waals surface area contributed by atoms with Crippen molar-refractivity contribution < 1.29 is 38.8 Å². The molecule has 0 aliphatic carbocycles. The van der Waals surface area contributed by atoms with E-state index in [-0.39, 0.29) is 6.42 Å². The summed E-state index contributed by atoms with van der Waals surface area (Å²) >= 11 is 0. The molecule has 1 aliphatic rings. The molecule has 2 N–H and O–H groups in total. The monoisotopic (exact) mass is 342 g/mol. The van der Waals surface area contributed by atoms with E-state index in [1.54, 1.807) is 0 Å². The Bertz CT molecular complexity index is 524. The summed E-state index contributed by atoms with van der Waals surface area (Å²) in [6.45, 7) is 4.41. The Morgan fingerprint density at radius 1 is 0.833 bits per heavy atom. The third kappa shape index (κ3) is 6.93. The fraction of sp³-hybridized carbons (Fsp3) is 0.562. The van der Waals surface area contributed by atoms with Gasteiger partial charge in [-0.05, 0) is 32.9 Å². The number of carbonyl (C=O) groups excluding carboxylic acids is 3. The lowest BCUT2D eigenvalue weighted by molar-refractivity contribution is -0.157. The van der Waals surface area contributed by atoms with E-state index >= 15 is 0 Å². The third-order valence-electron chi connectivity index (χ3n) is 3.21. The molecular formula is C16H22O8. The standard InChI is InChI=1S/C16H22O8/c1-9-8-16(21)24-11(3)13(18)5-7-15(20)23-10(2)12(17)4-6-14(19)22-9/h4-7,9-13,17-18H,8H2,1-3H3/t9-,10-,11-,12+,13+/m0/s1. The van der Waals surface area contributed by atoms with E-state index in [4.69, 9.17) is 14.2 Å². The fourth-order valence-electron chi connectivity index (χ4n) is 1.80. The Labute approximate surface area is 139 Å². The molecule has 8 nitrogen and oxygen atoms in total. The van der Waals surface area contributed by atoms with Crippen molar-refractivity contribution in [3.8, 4) is 0 Å². The minimum Gasteiger partial charge on any atom is -0.459 e. The van der Waals surface area contributed by atoms with Gasteiger partial charge in [0.15, 0.2) is 0 Å². The van der Waals surface area contributed by atoms with Gasteiger partial charge in [0.2, 0.25) is 0 Å². The largest absolute Gasteiger partial charge is 0.459 e. The molecule has 0 aromatic heterocycles. The smallest absolute Gasteiger partial charge is 0.330 e. The third-order valence-corrected chi connectivity index (χ3v) is 3.21. The van der Waals surface area contributed by atoms with Gasteiger partial charge in [-0.25, -0.2) is 9.59 Å². The summed E-state index contributed by atoms with van der Waals surface area (Å²) in [5.74, 6) is -2.22. The van der Waals surface area contributed by atoms with Gasteiger partial charge in [0.05, 0.1) is 6.42 Å². The Kier molecular flexibility index (Phi) is 7.60. The molecule has 0 spiro atoms. The number of hydrogen-bond acceptors (Lipinski definition) is 8. The highest BCUT2D eigenvalue weighted by atomic mass is 16.6. The zero-order valence-electron chi connectivity index (χ0n) is 13.7. The van der Waals surface area contributed by atoms with Crippen molar-refractivity contribution >= 4 is 17.9 Å². The molecule has 0 aromatic carbocycles. The van der Waals surface area contributed by atoms with E-state index < -0.39 is 48.4 Å². The number of aliphatic hydroxyl groups excluding tert-OH is 2. The van der Waals surface area contributed by atoms with Gasteiger partial charge in [0.1, 0.15) is 30.5 Å². The average molecular weight is 342 g/mol. The van der Waals surface area contributed by atoms with Crippen molar-refractivity contribution in [2.24, 2.45) is 0 Å². The minimum atomic E-state index is -1.22. The minimum absolute atomic E-state index is 0.193. The molecule has 24 heavy (non-hydrogen) atoms. The number of ether oxygens (including phenoxy) is 3. The van der Waals surface area contributed by atoms with Crippen LogP contribution in [0.15, 0.2) is 24.3 Å². The fourth-order valence-corrected chi connectivity index (χ4v) is 1.80. The number of carbonyl (C=O) groups is 3. The molecule has 8 heteroatoms. The normalized spacial score (nSPS) is 33.5. The highest BCUT2D eigenvalue weighted by molar-refractivity contribution is 5.83. The lowest BCUT2D eigenvalue weighted by atomic mass is 10.2. The number of hydrogen-bond donors (Lipinski definition) is 2. The second-order valence-electron chi connectivity index (χ2n) is 5.49. The molecule has 0 saturated carbocycles. The van der Waals surface area contributed by atoms with E-state index in [2.05, 4.69) is 0 Å². The van der Waals surface area contributed by atoms with E-state index in [9.17, 15) is 24.6 Å². The van der Waals surface area contributed by atoms with Gasteiger partial charge in [0.25, 0.3) is 0 Å². The summed E-state index contributed by atoms with van der Waals surface area (Å²) < 4.78 is 14.9. The van der Waals surface area contributed by atoms with Crippen molar-refractivity contribution in [2.75, 3.05) is 0 Å². The summed E-state index contributed by atoms with van der Waals surface area (Å²) in [7, 11) is 0. The number of aliphatic hydroxyl groups is 2. The van der Waals surface area contributed by atoms with Gasteiger partial charge in [-0.15, -0.1) is 0 Å². The summed E-state index contributed by atoms with van der Waals surface area (Å²) in [6.07, 6.45) is -0.961. The van der Waals surface area contributed by atoms with Crippen molar-refractivity contribution in [3.63, 3.8) is 0 Å². The van der Waals surface area contributed by atoms with Gasteiger partial charge < -0.3 is 24.4 Å². The molecular weight excluding hydrogens is 320 g/mol. The molecule has 0 unspecified atom stereocenters. The van der Waals surface area contributed by atoms with Gasteiger partial charge in [-0.2, -0.15) is 0 Å². The van der Waals surface area contributed by atoms with Crippen LogP contribution in [0.2, 0.25) is 0 Å². The SMILES string of the molecule is C[C@@H]1OC(=O)C=C[C@@H](O)[C@H](C)OC(=O)C[C@H](C)OC(=O)C=C[C@H]1O. The van der Waals surface area contributed by atoms with Crippen molar-refractivity contribution in [3.05, 3.63) is 24.3 Å². The molecule has 0 fully saturated rings. The van der Waals surface area contributed by atoms with Crippen LogP contribution in [0.25, 0.3) is 0 Å². The Hall–Kier alpha value is -2.19.